The van der Waals surface area contributed by atoms with Gasteiger partial charge in [0.25, 0.3) is 5.91 Å². The van der Waals surface area contributed by atoms with Crippen molar-refractivity contribution in [1.82, 2.24) is 20.9 Å². The average molecular weight is 633 g/mol. The number of nitrogens with zero attached hydrogens (tertiary/aromatic N) is 1. The zero-order valence-corrected chi connectivity index (χ0v) is 25.1. The fourth-order valence-corrected chi connectivity index (χ4v) is 5.73. The molecule has 0 aromatic heterocycles. The van der Waals surface area contributed by atoms with Crippen LogP contribution in [0.25, 0.3) is 0 Å². The van der Waals surface area contributed by atoms with Crippen LogP contribution in [0, 0.1) is 0 Å². The number of likely N-dealkylation sites (tertiary alicyclic amines) is 1. The van der Waals surface area contributed by atoms with Gasteiger partial charge < -0.3 is 30.5 Å². The maximum absolute atomic E-state index is 13.8. The summed E-state index contributed by atoms with van der Waals surface area (Å²) in [7, 11) is 1.59. The van der Waals surface area contributed by atoms with Crippen LogP contribution in [0.3, 0.4) is 0 Å². The Labute approximate surface area is 259 Å². The molecule has 2 amide bonds. The lowest BCUT2D eigenvalue weighted by molar-refractivity contribution is -0.192. The van der Waals surface area contributed by atoms with Crippen molar-refractivity contribution in [2.45, 2.75) is 55.9 Å². The molecular formula is C32H39F3N4O6. The van der Waals surface area contributed by atoms with Gasteiger partial charge in [0.2, 0.25) is 5.91 Å². The molecule has 10 nitrogen and oxygen atoms in total. The lowest BCUT2D eigenvalue weighted by atomic mass is 9.84. The summed E-state index contributed by atoms with van der Waals surface area (Å²) in [5.41, 5.74) is 0.561. The van der Waals surface area contributed by atoms with E-state index in [0.29, 0.717) is 36.6 Å². The summed E-state index contributed by atoms with van der Waals surface area (Å²) in [6.45, 7) is 4.02. The molecule has 2 aromatic rings. The third-order valence-corrected chi connectivity index (χ3v) is 8.35. The molecule has 2 aromatic carbocycles. The molecule has 3 aliphatic heterocycles. The molecule has 1 unspecified atom stereocenters. The van der Waals surface area contributed by atoms with Crippen LogP contribution < -0.4 is 25.4 Å². The predicted molar refractivity (Wildman–Crippen MR) is 160 cm³/mol. The minimum absolute atomic E-state index is 0.0218. The Kier molecular flexibility index (Phi) is 11.1. The van der Waals surface area contributed by atoms with Crippen molar-refractivity contribution in [2.24, 2.45) is 0 Å². The second kappa shape index (κ2) is 14.8. The number of hydrogen-bond acceptors (Lipinski definition) is 7. The smallest absolute Gasteiger partial charge is 0.490 e. The normalized spacial score (nSPS) is 22.9. The van der Waals surface area contributed by atoms with Gasteiger partial charge in [-0.2, -0.15) is 13.2 Å². The SMILES string of the molecule is COc1ccc2c(c1)OC/C=C\CC1(CCCN1)C(=O)NC1(CCN(Cc3ccccc3)CC1)CNC2=O.O=C(O)C(F)(F)F. The number of carboxylic acid groups (broad SMARTS) is 1. The number of piperidine rings is 1. The minimum atomic E-state index is -5.08. The Morgan fingerprint density at radius 1 is 1.07 bits per heavy atom. The van der Waals surface area contributed by atoms with Crippen molar-refractivity contribution >= 4 is 17.8 Å². The van der Waals surface area contributed by atoms with Crippen molar-refractivity contribution in [2.75, 3.05) is 39.9 Å². The molecule has 45 heavy (non-hydrogen) atoms. The van der Waals surface area contributed by atoms with E-state index in [4.69, 9.17) is 19.4 Å². The van der Waals surface area contributed by atoms with Crippen LogP contribution in [0.1, 0.15) is 48.0 Å². The number of carbonyl (C=O) groups excluding carboxylic acids is 2. The second-order valence-corrected chi connectivity index (χ2v) is 11.4. The largest absolute Gasteiger partial charge is 0.497 e. The summed E-state index contributed by atoms with van der Waals surface area (Å²) in [4.78, 5) is 38.5. The molecule has 2 fully saturated rings. The number of hydrogen-bond donors (Lipinski definition) is 4. The number of rotatable bonds is 3. The highest BCUT2D eigenvalue weighted by atomic mass is 19.4. The summed E-state index contributed by atoms with van der Waals surface area (Å²) in [6.07, 6.45) is 2.69. The van der Waals surface area contributed by atoms with Crippen LogP contribution in [0.2, 0.25) is 0 Å². The molecule has 0 bridgehead atoms. The number of ether oxygens (including phenoxy) is 2. The van der Waals surface area contributed by atoms with Crippen LogP contribution in [-0.4, -0.2) is 84.9 Å². The van der Waals surface area contributed by atoms with Crippen molar-refractivity contribution in [3.63, 3.8) is 0 Å². The van der Waals surface area contributed by atoms with Gasteiger partial charge in [-0.3, -0.25) is 14.5 Å². The summed E-state index contributed by atoms with van der Waals surface area (Å²) in [5, 5.41) is 17.2. The lowest BCUT2D eigenvalue weighted by Gasteiger charge is -2.44. The van der Waals surface area contributed by atoms with Crippen molar-refractivity contribution in [3.8, 4) is 11.5 Å². The maximum Gasteiger partial charge on any atom is 0.490 e. The topological polar surface area (TPSA) is 129 Å². The number of amides is 2. The standard InChI is InChI=1S/C30H38N4O4.C2HF3O2/c1-37-24-10-11-25-26(20-24)38-19-6-5-12-30(13-7-16-32-30)28(36)33-29(22-31-27(25)35)14-17-34(18-15-29)21-23-8-3-2-4-9-23;3-2(4,5)1(6)7/h2-6,8-11,20,32H,7,12-19,21-22H2,1H3,(H,31,35)(H,33,36);(H,6,7)/b6-5-;. The molecule has 3 aliphatic rings. The first-order chi connectivity index (χ1) is 21.5. The van der Waals surface area contributed by atoms with E-state index >= 15 is 0 Å². The third-order valence-electron chi connectivity index (χ3n) is 8.35. The lowest BCUT2D eigenvalue weighted by Crippen LogP contribution is -2.65. The van der Waals surface area contributed by atoms with Gasteiger partial charge in [0.1, 0.15) is 23.6 Å². The van der Waals surface area contributed by atoms with Crippen LogP contribution in [-0.2, 0) is 16.1 Å². The molecule has 13 heteroatoms. The Bertz CT molecular complexity index is 1350. The van der Waals surface area contributed by atoms with Crippen LogP contribution in [0.4, 0.5) is 13.2 Å². The molecule has 0 saturated carbocycles. The van der Waals surface area contributed by atoms with E-state index < -0.39 is 23.2 Å². The van der Waals surface area contributed by atoms with Crippen molar-refractivity contribution in [3.05, 3.63) is 71.8 Å². The van der Waals surface area contributed by atoms with E-state index in [2.05, 4.69) is 45.1 Å². The molecule has 2 saturated heterocycles. The van der Waals surface area contributed by atoms with Gasteiger partial charge in [-0.25, -0.2) is 4.79 Å². The fraction of sp³-hybridized carbons (Fsp3) is 0.469. The monoisotopic (exact) mass is 632 g/mol. The van der Waals surface area contributed by atoms with E-state index in [-0.39, 0.29) is 11.8 Å². The molecular weight excluding hydrogens is 593 g/mol. The number of nitrogens with one attached hydrogen (secondary N) is 3. The molecule has 0 aliphatic carbocycles. The summed E-state index contributed by atoms with van der Waals surface area (Å²) in [6, 6.07) is 15.7. The average Bonchev–Trinajstić information content (AvgIpc) is 3.51. The number of carbonyl (C=O) groups is 3. The molecule has 5 rings (SSSR count). The first-order valence-corrected chi connectivity index (χ1v) is 14.8. The number of alkyl halides is 3. The number of fused-ring (bicyclic) bond motifs is 1. The molecule has 3 heterocycles. The van der Waals surface area contributed by atoms with Crippen LogP contribution in [0.15, 0.2) is 60.7 Å². The Balaban J connectivity index is 0.000000591. The Morgan fingerprint density at radius 2 is 1.78 bits per heavy atom. The highest BCUT2D eigenvalue weighted by Crippen LogP contribution is 2.30. The van der Waals surface area contributed by atoms with E-state index in [1.54, 1.807) is 25.3 Å². The van der Waals surface area contributed by atoms with E-state index in [1.165, 1.54) is 5.56 Å². The number of methoxy groups -OCH3 is 1. The summed E-state index contributed by atoms with van der Waals surface area (Å²) < 4.78 is 43.1. The van der Waals surface area contributed by atoms with Gasteiger partial charge in [0.15, 0.2) is 0 Å². The predicted octanol–water partition coefficient (Wildman–Crippen LogP) is 3.67. The van der Waals surface area contributed by atoms with E-state index in [1.807, 2.05) is 18.2 Å². The van der Waals surface area contributed by atoms with Crippen molar-refractivity contribution in [1.29, 1.82) is 0 Å². The van der Waals surface area contributed by atoms with Gasteiger partial charge >= 0.3 is 12.1 Å². The highest BCUT2D eigenvalue weighted by Gasteiger charge is 2.45. The van der Waals surface area contributed by atoms with E-state index in [0.717, 1.165) is 51.9 Å². The van der Waals surface area contributed by atoms with Crippen LogP contribution in [0.5, 0.6) is 11.5 Å². The third kappa shape index (κ3) is 8.98. The number of benzene rings is 2. The number of halogens is 3. The molecule has 4 N–H and O–H groups in total. The van der Waals surface area contributed by atoms with Gasteiger partial charge in [-0.05, 0) is 56.3 Å². The summed E-state index contributed by atoms with van der Waals surface area (Å²) in [5.74, 6) is -1.85. The summed E-state index contributed by atoms with van der Waals surface area (Å²) >= 11 is 0. The van der Waals surface area contributed by atoms with Gasteiger partial charge in [-0.15, -0.1) is 0 Å². The molecule has 244 valence electrons. The number of aliphatic carboxylic acids is 1. The van der Waals surface area contributed by atoms with Gasteiger partial charge in [-0.1, -0.05) is 42.5 Å². The first-order valence-electron chi connectivity index (χ1n) is 14.8. The zero-order valence-electron chi connectivity index (χ0n) is 25.1. The molecule has 0 radical (unpaired) electrons. The maximum atomic E-state index is 13.8. The zero-order chi connectivity index (χ0) is 32.5. The van der Waals surface area contributed by atoms with Crippen molar-refractivity contribution < 1.29 is 42.1 Å². The second-order valence-electron chi connectivity index (χ2n) is 11.4. The molecule has 1 atom stereocenters. The Hall–Kier alpha value is -4.10. The fourth-order valence-electron chi connectivity index (χ4n) is 5.73. The minimum Gasteiger partial charge on any atom is -0.497 e. The van der Waals surface area contributed by atoms with Crippen LogP contribution >= 0.6 is 0 Å². The van der Waals surface area contributed by atoms with E-state index in [9.17, 15) is 22.8 Å². The first kappa shape index (κ1) is 33.8. The number of carboxylic acids is 1. The Morgan fingerprint density at radius 3 is 2.40 bits per heavy atom. The van der Waals surface area contributed by atoms with Gasteiger partial charge in [0.05, 0.1) is 18.2 Å². The molecule has 2 spiro atoms. The quantitative estimate of drug-likeness (QED) is 0.378. The highest BCUT2D eigenvalue weighted by molar-refractivity contribution is 5.97. The van der Waals surface area contributed by atoms with Gasteiger partial charge in [0, 0.05) is 32.2 Å².